The third-order valence-electron chi connectivity index (χ3n) is 4.41. The van der Waals surface area contributed by atoms with E-state index in [-0.39, 0.29) is 17.4 Å². The van der Waals surface area contributed by atoms with E-state index in [0.717, 1.165) is 17.7 Å². The van der Waals surface area contributed by atoms with E-state index in [0.29, 0.717) is 5.56 Å². The van der Waals surface area contributed by atoms with Crippen molar-refractivity contribution in [1.82, 2.24) is 5.32 Å². The van der Waals surface area contributed by atoms with Gasteiger partial charge >= 0.3 is 0 Å². The molecule has 1 atom stereocenters. The SMILES string of the molecule is COc1ccc(C(=O)N[C@H](C)CC(C)(C)c2ccccc2)cc1C. The molecule has 0 saturated heterocycles. The van der Waals surface area contributed by atoms with Crippen molar-refractivity contribution in [2.24, 2.45) is 0 Å². The summed E-state index contributed by atoms with van der Waals surface area (Å²) >= 11 is 0. The van der Waals surface area contributed by atoms with Crippen molar-refractivity contribution in [2.75, 3.05) is 7.11 Å². The highest BCUT2D eigenvalue weighted by molar-refractivity contribution is 5.94. The maximum atomic E-state index is 12.5. The number of methoxy groups -OCH3 is 1. The molecular weight excluding hydrogens is 298 g/mol. The van der Waals surface area contributed by atoms with Crippen LogP contribution in [0.15, 0.2) is 48.5 Å². The molecule has 1 N–H and O–H groups in total. The van der Waals surface area contributed by atoms with Crippen molar-refractivity contribution < 1.29 is 9.53 Å². The topological polar surface area (TPSA) is 38.3 Å². The molecule has 0 radical (unpaired) electrons. The van der Waals surface area contributed by atoms with Crippen LogP contribution >= 0.6 is 0 Å². The smallest absolute Gasteiger partial charge is 0.251 e. The van der Waals surface area contributed by atoms with Crippen LogP contribution in [0.1, 0.15) is 48.7 Å². The van der Waals surface area contributed by atoms with Gasteiger partial charge in [0, 0.05) is 11.6 Å². The van der Waals surface area contributed by atoms with Crippen LogP contribution in [-0.4, -0.2) is 19.1 Å². The number of benzene rings is 2. The fraction of sp³-hybridized carbons (Fsp3) is 0.381. The number of aryl methyl sites for hydroxylation is 1. The van der Waals surface area contributed by atoms with Crippen LogP contribution in [0.25, 0.3) is 0 Å². The summed E-state index contributed by atoms with van der Waals surface area (Å²) < 4.78 is 5.24. The standard InChI is InChI=1S/C21H27NO2/c1-15-13-17(11-12-19(15)24-5)20(23)22-16(2)14-21(3,4)18-9-7-6-8-10-18/h6-13,16H,14H2,1-5H3,(H,22,23)/t16-/m1/s1. The second-order valence-electron chi connectivity index (χ2n) is 7.01. The Balaban J connectivity index is 2.02. The molecule has 0 spiro atoms. The lowest BCUT2D eigenvalue weighted by molar-refractivity contribution is 0.0934. The average Bonchev–Trinajstić information content (AvgIpc) is 2.55. The lowest BCUT2D eigenvalue weighted by Gasteiger charge is -2.29. The molecule has 0 unspecified atom stereocenters. The molecular formula is C21H27NO2. The van der Waals surface area contributed by atoms with E-state index in [1.54, 1.807) is 13.2 Å². The van der Waals surface area contributed by atoms with Crippen LogP contribution in [-0.2, 0) is 5.41 Å². The number of nitrogens with one attached hydrogen (secondary N) is 1. The lowest BCUT2D eigenvalue weighted by Crippen LogP contribution is -2.37. The minimum absolute atomic E-state index is 0.00375. The van der Waals surface area contributed by atoms with Gasteiger partial charge < -0.3 is 10.1 Å². The molecule has 0 bridgehead atoms. The predicted molar refractivity (Wildman–Crippen MR) is 98.7 cm³/mol. The molecule has 24 heavy (non-hydrogen) atoms. The highest BCUT2D eigenvalue weighted by atomic mass is 16.5. The Bertz CT molecular complexity index is 692. The second-order valence-corrected chi connectivity index (χ2v) is 7.01. The summed E-state index contributed by atoms with van der Waals surface area (Å²) in [4.78, 5) is 12.5. The van der Waals surface area contributed by atoms with Crippen LogP contribution in [0.4, 0.5) is 0 Å². The third-order valence-corrected chi connectivity index (χ3v) is 4.41. The second kappa shape index (κ2) is 7.52. The predicted octanol–water partition coefficient (Wildman–Crippen LogP) is 4.49. The molecule has 0 heterocycles. The Morgan fingerprint density at radius 3 is 2.42 bits per heavy atom. The zero-order chi connectivity index (χ0) is 17.7. The van der Waals surface area contributed by atoms with Crippen molar-refractivity contribution in [1.29, 1.82) is 0 Å². The van der Waals surface area contributed by atoms with E-state index in [1.807, 2.05) is 25.1 Å². The summed E-state index contributed by atoms with van der Waals surface area (Å²) in [6.45, 7) is 8.42. The van der Waals surface area contributed by atoms with Gasteiger partial charge in [0.2, 0.25) is 0 Å². The fourth-order valence-electron chi connectivity index (χ4n) is 3.15. The van der Waals surface area contributed by atoms with Gasteiger partial charge in [0.05, 0.1) is 7.11 Å². The van der Waals surface area contributed by atoms with E-state index in [1.165, 1.54) is 5.56 Å². The lowest BCUT2D eigenvalue weighted by atomic mass is 9.79. The van der Waals surface area contributed by atoms with Gasteiger partial charge in [-0.15, -0.1) is 0 Å². The number of carbonyl (C=O) groups excluding carboxylic acids is 1. The van der Waals surface area contributed by atoms with Crippen LogP contribution in [0.5, 0.6) is 5.75 Å². The van der Waals surface area contributed by atoms with Crippen molar-refractivity contribution in [3.63, 3.8) is 0 Å². The summed E-state index contributed by atoms with van der Waals surface area (Å²) in [5.74, 6) is 0.752. The maximum absolute atomic E-state index is 12.5. The number of hydrogen-bond donors (Lipinski definition) is 1. The van der Waals surface area contributed by atoms with Crippen LogP contribution in [0, 0.1) is 6.92 Å². The van der Waals surface area contributed by atoms with Gasteiger partial charge in [-0.3, -0.25) is 4.79 Å². The van der Waals surface area contributed by atoms with Gasteiger partial charge in [0.15, 0.2) is 0 Å². The summed E-state index contributed by atoms with van der Waals surface area (Å²) in [6.07, 6.45) is 0.873. The summed E-state index contributed by atoms with van der Waals surface area (Å²) in [6, 6.07) is 16.0. The fourth-order valence-corrected chi connectivity index (χ4v) is 3.15. The first kappa shape index (κ1) is 18.1. The van der Waals surface area contributed by atoms with Crippen LogP contribution in [0.2, 0.25) is 0 Å². The maximum Gasteiger partial charge on any atom is 0.251 e. The quantitative estimate of drug-likeness (QED) is 0.850. The number of amides is 1. The Kier molecular flexibility index (Phi) is 5.66. The summed E-state index contributed by atoms with van der Waals surface area (Å²) in [7, 11) is 1.63. The average molecular weight is 325 g/mol. The molecule has 2 rings (SSSR count). The highest BCUT2D eigenvalue weighted by Crippen LogP contribution is 2.28. The minimum Gasteiger partial charge on any atom is -0.496 e. The van der Waals surface area contributed by atoms with E-state index in [4.69, 9.17) is 4.74 Å². The molecule has 2 aromatic rings. The van der Waals surface area contributed by atoms with Gasteiger partial charge in [-0.05, 0) is 55.0 Å². The normalized spacial score (nSPS) is 12.5. The molecule has 1 amide bonds. The number of hydrogen-bond acceptors (Lipinski definition) is 2. The number of ether oxygens (including phenoxy) is 1. The Morgan fingerprint density at radius 1 is 1.17 bits per heavy atom. The Labute approximate surface area is 145 Å². The van der Waals surface area contributed by atoms with Crippen molar-refractivity contribution in [2.45, 2.75) is 45.6 Å². The first-order valence-corrected chi connectivity index (χ1v) is 8.34. The molecule has 3 heteroatoms. The molecule has 0 aliphatic heterocycles. The van der Waals surface area contributed by atoms with Crippen molar-refractivity contribution >= 4 is 5.91 Å². The highest BCUT2D eigenvalue weighted by Gasteiger charge is 2.24. The van der Waals surface area contributed by atoms with Gasteiger partial charge in [-0.2, -0.15) is 0 Å². The zero-order valence-electron chi connectivity index (χ0n) is 15.2. The first-order valence-electron chi connectivity index (χ1n) is 8.34. The van der Waals surface area contributed by atoms with E-state index >= 15 is 0 Å². The van der Waals surface area contributed by atoms with Gasteiger partial charge in [0.25, 0.3) is 5.91 Å². The number of carbonyl (C=O) groups is 1. The van der Waals surface area contributed by atoms with Gasteiger partial charge in [-0.25, -0.2) is 0 Å². The van der Waals surface area contributed by atoms with Gasteiger partial charge in [0.1, 0.15) is 5.75 Å². The number of rotatable bonds is 6. The van der Waals surface area contributed by atoms with Crippen molar-refractivity contribution in [3.8, 4) is 5.75 Å². The minimum atomic E-state index is -0.0443. The van der Waals surface area contributed by atoms with Crippen molar-refractivity contribution in [3.05, 3.63) is 65.2 Å². The van der Waals surface area contributed by atoms with Crippen LogP contribution < -0.4 is 10.1 Å². The monoisotopic (exact) mass is 325 g/mol. The molecule has 0 fully saturated rings. The molecule has 0 aromatic heterocycles. The molecule has 128 valence electrons. The third kappa shape index (κ3) is 4.38. The molecule has 3 nitrogen and oxygen atoms in total. The molecule has 0 aliphatic rings. The van der Waals surface area contributed by atoms with Crippen LogP contribution in [0.3, 0.4) is 0 Å². The van der Waals surface area contributed by atoms with E-state index < -0.39 is 0 Å². The Hall–Kier alpha value is -2.29. The largest absolute Gasteiger partial charge is 0.496 e. The first-order chi connectivity index (χ1) is 11.3. The molecule has 0 aliphatic carbocycles. The van der Waals surface area contributed by atoms with Gasteiger partial charge in [-0.1, -0.05) is 44.2 Å². The van der Waals surface area contributed by atoms with E-state index in [2.05, 4.69) is 50.4 Å². The molecule has 0 saturated carbocycles. The molecule has 2 aromatic carbocycles. The summed E-state index contributed by atoms with van der Waals surface area (Å²) in [5, 5.41) is 3.11. The summed E-state index contributed by atoms with van der Waals surface area (Å²) in [5.41, 5.74) is 2.91. The zero-order valence-corrected chi connectivity index (χ0v) is 15.2. The van der Waals surface area contributed by atoms with E-state index in [9.17, 15) is 4.79 Å². The Morgan fingerprint density at radius 2 is 1.83 bits per heavy atom.